The number of aromatic nitrogens is 5. The molecule has 0 bridgehead atoms. The van der Waals surface area contributed by atoms with Gasteiger partial charge in [-0.1, -0.05) is 28.9 Å². The standard InChI is InChI=1S/C21H20N6O/c1-14-4-3-5-18(10-14)19-24-12-16(13-25-19)11-23-15(2)21-26-20(27-28-21)17-6-8-22-9-7-17/h3-10,12-13,15,23H,11H2,1-2H3. The number of aryl methyl sites for hydroxylation is 1. The van der Waals surface area contributed by atoms with Crippen molar-refractivity contribution in [1.82, 2.24) is 30.4 Å². The molecule has 7 heteroatoms. The van der Waals surface area contributed by atoms with E-state index in [0.29, 0.717) is 18.3 Å². The number of benzene rings is 1. The topological polar surface area (TPSA) is 89.6 Å². The molecule has 0 aliphatic carbocycles. The number of nitrogens with zero attached hydrogens (tertiary/aromatic N) is 5. The molecular weight excluding hydrogens is 352 g/mol. The van der Waals surface area contributed by atoms with E-state index in [1.165, 1.54) is 5.56 Å². The van der Waals surface area contributed by atoms with Crippen LogP contribution in [0.4, 0.5) is 0 Å². The average Bonchev–Trinajstić information content (AvgIpc) is 3.23. The molecule has 1 atom stereocenters. The minimum absolute atomic E-state index is 0.0977. The zero-order chi connectivity index (χ0) is 19.3. The number of pyridine rings is 1. The van der Waals surface area contributed by atoms with Crippen LogP contribution in [0.15, 0.2) is 65.7 Å². The molecule has 0 saturated heterocycles. The summed E-state index contributed by atoms with van der Waals surface area (Å²) in [4.78, 5) is 17.4. The first-order chi connectivity index (χ1) is 13.7. The molecule has 0 aliphatic rings. The van der Waals surface area contributed by atoms with Crippen LogP contribution in [-0.2, 0) is 6.54 Å². The fraction of sp³-hybridized carbons (Fsp3) is 0.190. The van der Waals surface area contributed by atoms with Crippen molar-refractivity contribution in [2.45, 2.75) is 26.4 Å². The van der Waals surface area contributed by atoms with Gasteiger partial charge in [-0.3, -0.25) is 4.98 Å². The zero-order valence-corrected chi connectivity index (χ0v) is 15.7. The molecule has 1 unspecified atom stereocenters. The van der Waals surface area contributed by atoms with Gasteiger partial charge in [0.1, 0.15) is 0 Å². The molecule has 0 fully saturated rings. The third-order valence-corrected chi connectivity index (χ3v) is 4.34. The maximum atomic E-state index is 5.38. The third kappa shape index (κ3) is 4.10. The summed E-state index contributed by atoms with van der Waals surface area (Å²) in [6.07, 6.45) is 7.07. The van der Waals surface area contributed by atoms with Crippen molar-refractivity contribution < 1.29 is 4.52 Å². The summed E-state index contributed by atoms with van der Waals surface area (Å²) in [5, 5.41) is 7.40. The predicted molar refractivity (Wildman–Crippen MR) is 105 cm³/mol. The van der Waals surface area contributed by atoms with E-state index in [0.717, 1.165) is 22.5 Å². The molecule has 1 N–H and O–H groups in total. The summed E-state index contributed by atoms with van der Waals surface area (Å²) >= 11 is 0. The van der Waals surface area contributed by atoms with Crippen LogP contribution in [0.25, 0.3) is 22.8 Å². The summed E-state index contributed by atoms with van der Waals surface area (Å²) in [7, 11) is 0. The highest BCUT2D eigenvalue weighted by Crippen LogP contribution is 2.19. The van der Waals surface area contributed by atoms with Crippen molar-refractivity contribution >= 4 is 0 Å². The first-order valence-electron chi connectivity index (χ1n) is 9.04. The van der Waals surface area contributed by atoms with Crippen LogP contribution < -0.4 is 5.32 Å². The maximum absolute atomic E-state index is 5.38. The largest absolute Gasteiger partial charge is 0.337 e. The Balaban J connectivity index is 1.38. The van der Waals surface area contributed by atoms with Crippen molar-refractivity contribution in [3.8, 4) is 22.8 Å². The van der Waals surface area contributed by atoms with Gasteiger partial charge in [0.2, 0.25) is 11.7 Å². The molecule has 0 amide bonds. The molecule has 140 valence electrons. The highest BCUT2D eigenvalue weighted by molar-refractivity contribution is 5.55. The Bertz CT molecular complexity index is 1050. The number of hydrogen-bond donors (Lipinski definition) is 1. The summed E-state index contributed by atoms with van der Waals surface area (Å²) in [5.74, 6) is 1.81. The van der Waals surface area contributed by atoms with Gasteiger partial charge in [-0.15, -0.1) is 0 Å². The Hall–Kier alpha value is -3.45. The molecule has 4 rings (SSSR count). The smallest absolute Gasteiger partial charge is 0.243 e. The lowest BCUT2D eigenvalue weighted by molar-refractivity contribution is 0.339. The van der Waals surface area contributed by atoms with E-state index < -0.39 is 0 Å². The SMILES string of the molecule is Cc1cccc(-c2ncc(CNC(C)c3nc(-c4ccncc4)no3)cn2)c1. The van der Waals surface area contributed by atoms with Crippen LogP contribution in [0.3, 0.4) is 0 Å². The van der Waals surface area contributed by atoms with E-state index in [-0.39, 0.29) is 6.04 Å². The van der Waals surface area contributed by atoms with Gasteiger partial charge in [0, 0.05) is 48.0 Å². The van der Waals surface area contributed by atoms with Crippen LogP contribution in [-0.4, -0.2) is 25.1 Å². The summed E-state index contributed by atoms with van der Waals surface area (Å²) in [5.41, 5.74) is 4.06. The highest BCUT2D eigenvalue weighted by Gasteiger charge is 2.15. The van der Waals surface area contributed by atoms with Crippen LogP contribution in [0.1, 0.15) is 30.0 Å². The van der Waals surface area contributed by atoms with Gasteiger partial charge in [0.25, 0.3) is 0 Å². The Labute approximate surface area is 162 Å². The van der Waals surface area contributed by atoms with E-state index in [2.05, 4.69) is 49.5 Å². The molecule has 7 nitrogen and oxygen atoms in total. The Kier molecular flexibility index (Phi) is 5.16. The van der Waals surface area contributed by atoms with Crippen molar-refractivity contribution in [3.05, 3.63) is 78.2 Å². The normalized spacial score (nSPS) is 12.1. The van der Waals surface area contributed by atoms with Crippen molar-refractivity contribution in [2.24, 2.45) is 0 Å². The van der Waals surface area contributed by atoms with E-state index in [9.17, 15) is 0 Å². The minimum atomic E-state index is -0.0977. The van der Waals surface area contributed by atoms with Crippen LogP contribution >= 0.6 is 0 Å². The molecule has 3 heterocycles. The lowest BCUT2D eigenvalue weighted by Gasteiger charge is -2.09. The van der Waals surface area contributed by atoms with E-state index >= 15 is 0 Å². The van der Waals surface area contributed by atoms with Gasteiger partial charge < -0.3 is 9.84 Å². The number of hydrogen-bond acceptors (Lipinski definition) is 7. The molecular formula is C21H20N6O. The minimum Gasteiger partial charge on any atom is -0.337 e. The molecule has 0 saturated carbocycles. The highest BCUT2D eigenvalue weighted by atomic mass is 16.5. The quantitative estimate of drug-likeness (QED) is 0.551. The number of nitrogens with one attached hydrogen (secondary N) is 1. The van der Waals surface area contributed by atoms with Gasteiger partial charge in [-0.05, 0) is 32.0 Å². The second kappa shape index (κ2) is 8.06. The summed E-state index contributed by atoms with van der Waals surface area (Å²) in [6.45, 7) is 4.63. The molecule has 4 aromatic rings. The number of rotatable bonds is 6. The second-order valence-electron chi connectivity index (χ2n) is 6.58. The van der Waals surface area contributed by atoms with Crippen molar-refractivity contribution in [3.63, 3.8) is 0 Å². The molecule has 0 spiro atoms. The molecule has 28 heavy (non-hydrogen) atoms. The first-order valence-corrected chi connectivity index (χ1v) is 9.04. The van der Waals surface area contributed by atoms with Gasteiger partial charge in [-0.25, -0.2) is 9.97 Å². The Morgan fingerprint density at radius 2 is 1.79 bits per heavy atom. The monoisotopic (exact) mass is 372 g/mol. The van der Waals surface area contributed by atoms with Crippen LogP contribution in [0.2, 0.25) is 0 Å². The summed E-state index contributed by atoms with van der Waals surface area (Å²) < 4.78 is 5.38. The fourth-order valence-electron chi connectivity index (χ4n) is 2.77. The zero-order valence-electron chi connectivity index (χ0n) is 15.7. The first kappa shape index (κ1) is 17.9. The van der Waals surface area contributed by atoms with E-state index in [1.807, 2.05) is 43.6 Å². The molecule has 1 aromatic carbocycles. The average molecular weight is 372 g/mol. The van der Waals surface area contributed by atoms with E-state index in [1.54, 1.807) is 12.4 Å². The van der Waals surface area contributed by atoms with Gasteiger partial charge in [0.15, 0.2) is 5.82 Å². The maximum Gasteiger partial charge on any atom is 0.243 e. The fourth-order valence-corrected chi connectivity index (χ4v) is 2.77. The third-order valence-electron chi connectivity index (χ3n) is 4.34. The van der Waals surface area contributed by atoms with Crippen molar-refractivity contribution in [1.29, 1.82) is 0 Å². The van der Waals surface area contributed by atoms with E-state index in [4.69, 9.17) is 4.52 Å². The molecule has 3 aromatic heterocycles. The predicted octanol–water partition coefficient (Wildman–Crippen LogP) is 3.75. The van der Waals surface area contributed by atoms with Crippen LogP contribution in [0.5, 0.6) is 0 Å². The van der Waals surface area contributed by atoms with Gasteiger partial charge in [0.05, 0.1) is 6.04 Å². The second-order valence-corrected chi connectivity index (χ2v) is 6.58. The van der Waals surface area contributed by atoms with Gasteiger partial charge in [-0.2, -0.15) is 4.98 Å². The lowest BCUT2D eigenvalue weighted by atomic mass is 10.1. The molecule has 0 radical (unpaired) electrons. The van der Waals surface area contributed by atoms with Gasteiger partial charge >= 0.3 is 0 Å². The van der Waals surface area contributed by atoms with Crippen LogP contribution in [0, 0.1) is 6.92 Å². The molecule has 0 aliphatic heterocycles. The lowest BCUT2D eigenvalue weighted by Crippen LogP contribution is -2.18. The summed E-state index contributed by atoms with van der Waals surface area (Å²) in [6, 6.07) is 11.7. The van der Waals surface area contributed by atoms with Crippen molar-refractivity contribution in [2.75, 3.05) is 0 Å². The Morgan fingerprint density at radius 3 is 2.54 bits per heavy atom. The Morgan fingerprint density at radius 1 is 1.00 bits per heavy atom.